The van der Waals surface area contributed by atoms with E-state index in [1.165, 1.54) is 17.7 Å². The molecule has 1 amide bonds. The summed E-state index contributed by atoms with van der Waals surface area (Å²) >= 11 is 0. The molecule has 6 nitrogen and oxygen atoms in total. The molecule has 1 aromatic heterocycles. The Kier molecular flexibility index (Phi) is 5.76. The molecule has 4 rings (SSSR count). The van der Waals surface area contributed by atoms with Gasteiger partial charge in [0, 0.05) is 38.4 Å². The van der Waals surface area contributed by atoms with Crippen molar-refractivity contribution in [3.63, 3.8) is 0 Å². The summed E-state index contributed by atoms with van der Waals surface area (Å²) in [5.74, 6) is 0.0949. The summed E-state index contributed by atoms with van der Waals surface area (Å²) in [4.78, 5) is 16.9. The maximum Gasteiger partial charge on any atom is 0.274 e. The number of carbonyl (C=O) groups is 1. The molecule has 1 N–H and O–H groups in total. The highest BCUT2D eigenvalue weighted by atomic mass is 19.1. The fraction of sp³-hybridized carbons (Fsp3) is 0.227. The zero-order valence-corrected chi connectivity index (χ0v) is 16.0. The number of benzene rings is 2. The molecule has 0 spiro atoms. The number of carbonyl (C=O) groups excluding carboxylic acids is 1. The van der Waals surface area contributed by atoms with E-state index in [1.807, 2.05) is 23.1 Å². The first-order valence-corrected chi connectivity index (χ1v) is 9.59. The zero-order valence-electron chi connectivity index (χ0n) is 16.0. The molecule has 2 heterocycles. The summed E-state index contributed by atoms with van der Waals surface area (Å²) in [6.45, 7) is 3.90. The highest BCUT2D eigenvalue weighted by molar-refractivity contribution is 5.92. The lowest BCUT2D eigenvalue weighted by Gasteiger charge is -2.34. The van der Waals surface area contributed by atoms with Gasteiger partial charge in [-0.1, -0.05) is 30.3 Å². The molecule has 1 fully saturated rings. The molecule has 0 radical (unpaired) electrons. The molecule has 7 heteroatoms. The molecular weight excluding hydrogens is 369 g/mol. The van der Waals surface area contributed by atoms with Crippen molar-refractivity contribution in [3.8, 4) is 0 Å². The minimum atomic E-state index is -0.300. The number of hydrogen-bond acceptors (Lipinski definition) is 5. The Morgan fingerprint density at radius 3 is 2.28 bits per heavy atom. The lowest BCUT2D eigenvalue weighted by Crippen LogP contribution is -2.48. The molecular formula is C22H22FN5O. The van der Waals surface area contributed by atoms with Crippen LogP contribution in [0.2, 0.25) is 0 Å². The highest BCUT2D eigenvalue weighted by Gasteiger charge is 2.23. The van der Waals surface area contributed by atoms with Crippen LogP contribution < -0.4 is 5.32 Å². The normalized spacial score (nSPS) is 14.6. The van der Waals surface area contributed by atoms with E-state index in [4.69, 9.17) is 0 Å². The van der Waals surface area contributed by atoms with Crippen LogP contribution in [0, 0.1) is 5.82 Å². The quantitative estimate of drug-likeness (QED) is 0.723. The van der Waals surface area contributed by atoms with Gasteiger partial charge in [0.2, 0.25) is 0 Å². The van der Waals surface area contributed by atoms with E-state index in [0.717, 1.165) is 19.6 Å². The Morgan fingerprint density at radius 2 is 1.62 bits per heavy atom. The fourth-order valence-corrected chi connectivity index (χ4v) is 3.31. The first-order chi connectivity index (χ1) is 14.2. The van der Waals surface area contributed by atoms with Gasteiger partial charge >= 0.3 is 0 Å². The maximum absolute atomic E-state index is 13.0. The summed E-state index contributed by atoms with van der Waals surface area (Å²) in [5.41, 5.74) is 2.31. The van der Waals surface area contributed by atoms with Crippen LogP contribution in [-0.2, 0) is 6.54 Å². The summed E-state index contributed by atoms with van der Waals surface area (Å²) in [5, 5.41) is 11.2. The van der Waals surface area contributed by atoms with Gasteiger partial charge in [0.15, 0.2) is 11.5 Å². The monoisotopic (exact) mass is 391 g/mol. The first kappa shape index (κ1) is 19.0. The van der Waals surface area contributed by atoms with Crippen LogP contribution in [0.15, 0.2) is 66.7 Å². The van der Waals surface area contributed by atoms with Crippen LogP contribution in [0.3, 0.4) is 0 Å². The minimum absolute atomic E-state index is 0.106. The summed E-state index contributed by atoms with van der Waals surface area (Å²) < 4.78 is 13.0. The lowest BCUT2D eigenvalue weighted by atomic mass is 10.2. The van der Waals surface area contributed by atoms with Crippen molar-refractivity contribution in [2.75, 3.05) is 31.5 Å². The van der Waals surface area contributed by atoms with Gasteiger partial charge in [0.05, 0.1) is 0 Å². The van der Waals surface area contributed by atoms with Crippen LogP contribution in [0.25, 0.3) is 0 Å². The van der Waals surface area contributed by atoms with Gasteiger partial charge in [-0.2, -0.15) is 0 Å². The Morgan fingerprint density at radius 1 is 0.897 bits per heavy atom. The molecule has 2 aromatic carbocycles. The molecule has 0 bridgehead atoms. The number of nitrogens with one attached hydrogen (secondary N) is 1. The molecule has 0 saturated carbocycles. The average Bonchev–Trinajstić information content (AvgIpc) is 2.77. The average molecular weight is 391 g/mol. The number of halogens is 1. The van der Waals surface area contributed by atoms with Crippen LogP contribution in [0.1, 0.15) is 16.1 Å². The lowest BCUT2D eigenvalue weighted by molar-refractivity contribution is 0.0621. The number of piperazine rings is 1. The Bertz CT molecular complexity index is 939. The Balaban J connectivity index is 1.31. The van der Waals surface area contributed by atoms with Crippen molar-refractivity contribution in [2.24, 2.45) is 0 Å². The fourth-order valence-electron chi connectivity index (χ4n) is 3.31. The number of anilines is 2. The van der Waals surface area contributed by atoms with Crippen LogP contribution in [0.5, 0.6) is 0 Å². The topological polar surface area (TPSA) is 61.4 Å². The van der Waals surface area contributed by atoms with Gasteiger partial charge in [0.1, 0.15) is 5.82 Å². The van der Waals surface area contributed by atoms with Gasteiger partial charge in [0.25, 0.3) is 5.91 Å². The van der Waals surface area contributed by atoms with E-state index in [0.29, 0.717) is 30.3 Å². The number of rotatable bonds is 5. The number of nitrogens with zero attached hydrogens (tertiary/aromatic N) is 4. The van der Waals surface area contributed by atoms with Gasteiger partial charge in [-0.05, 0) is 42.0 Å². The van der Waals surface area contributed by atoms with Crippen LogP contribution in [-0.4, -0.2) is 52.1 Å². The standard InChI is InChI=1S/C22H22FN5O/c23-18-6-8-19(9-7-18)24-21-11-10-20(25-26-21)22(29)28-14-12-27(13-15-28)16-17-4-2-1-3-5-17/h1-11H,12-16H2,(H,24,26). The second-order valence-electron chi connectivity index (χ2n) is 6.99. The predicted octanol–water partition coefficient (Wildman–Crippen LogP) is 3.32. The van der Waals surface area contributed by atoms with Crippen molar-refractivity contribution < 1.29 is 9.18 Å². The second kappa shape index (κ2) is 8.79. The van der Waals surface area contributed by atoms with Crippen molar-refractivity contribution in [2.45, 2.75) is 6.54 Å². The number of hydrogen-bond donors (Lipinski definition) is 1. The molecule has 0 aliphatic carbocycles. The van der Waals surface area contributed by atoms with E-state index in [9.17, 15) is 9.18 Å². The van der Waals surface area contributed by atoms with Crippen molar-refractivity contribution in [1.82, 2.24) is 20.0 Å². The zero-order chi connectivity index (χ0) is 20.1. The van der Waals surface area contributed by atoms with E-state index >= 15 is 0 Å². The van der Waals surface area contributed by atoms with Crippen LogP contribution in [0.4, 0.5) is 15.9 Å². The van der Waals surface area contributed by atoms with Crippen molar-refractivity contribution in [1.29, 1.82) is 0 Å². The molecule has 0 atom stereocenters. The number of aromatic nitrogens is 2. The van der Waals surface area contributed by atoms with E-state index in [2.05, 4.69) is 32.5 Å². The Labute approximate surface area is 169 Å². The molecule has 1 aliphatic rings. The molecule has 3 aromatic rings. The van der Waals surface area contributed by atoms with Gasteiger partial charge < -0.3 is 10.2 Å². The smallest absolute Gasteiger partial charge is 0.274 e. The summed E-state index contributed by atoms with van der Waals surface area (Å²) in [7, 11) is 0. The second-order valence-corrected chi connectivity index (χ2v) is 6.99. The van der Waals surface area contributed by atoms with Crippen LogP contribution >= 0.6 is 0 Å². The molecule has 1 aliphatic heterocycles. The van der Waals surface area contributed by atoms with Gasteiger partial charge in [-0.3, -0.25) is 9.69 Å². The third-order valence-electron chi connectivity index (χ3n) is 4.91. The predicted molar refractivity (Wildman–Crippen MR) is 109 cm³/mol. The molecule has 29 heavy (non-hydrogen) atoms. The molecule has 1 saturated heterocycles. The van der Waals surface area contributed by atoms with E-state index in [-0.39, 0.29) is 11.7 Å². The highest BCUT2D eigenvalue weighted by Crippen LogP contribution is 2.15. The Hall–Kier alpha value is -3.32. The van der Waals surface area contributed by atoms with E-state index < -0.39 is 0 Å². The third-order valence-corrected chi connectivity index (χ3v) is 4.91. The number of amides is 1. The molecule has 0 unspecified atom stereocenters. The SMILES string of the molecule is O=C(c1ccc(Nc2ccc(F)cc2)nn1)N1CCN(Cc2ccccc2)CC1. The van der Waals surface area contributed by atoms with Crippen molar-refractivity contribution >= 4 is 17.4 Å². The summed E-state index contributed by atoms with van der Waals surface area (Å²) in [6, 6.07) is 19.7. The molecule has 148 valence electrons. The van der Waals surface area contributed by atoms with E-state index in [1.54, 1.807) is 24.3 Å². The first-order valence-electron chi connectivity index (χ1n) is 9.59. The minimum Gasteiger partial charge on any atom is -0.339 e. The van der Waals surface area contributed by atoms with Gasteiger partial charge in [-0.15, -0.1) is 10.2 Å². The van der Waals surface area contributed by atoms with Gasteiger partial charge in [-0.25, -0.2) is 4.39 Å². The van der Waals surface area contributed by atoms with Crippen molar-refractivity contribution in [3.05, 3.63) is 83.8 Å². The largest absolute Gasteiger partial charge is 0.339 e. The maximum atomic E-state index is 13.0. The summed E-state index contributed by atoms with van der Waals surface area (Å²) in [6.07, 6.45) is 0. The third kappa shape index (κ3) is 4.94.